The van der Waals surface area contributed by atoms with E-state index in [1.54, 1.807) is 38.1 Å². The van der Waals surface area contributed by atoms with Gasteiger partial charge in [0.25, 0.3) is 0 Å². The molecule has 0 radical (unpaired) electrons. The first-order chi connectivity index (χ1) is 8.79. The van der Waals surface area contributed by atoms with Gasteiger partial charge < -0.3 is 4.90 Å². The van der Waals surface area contributed by atoms with Crippen LogP contribution in [-0.2, 0) is 4.79 Å². The molecular formula is C13H15BrF3NO. The molecule has 2 nitrogen and oxygen atoms in total. The van der Waals surface area contributed by atoms with E-state index in [1.165, 1.54) is 0 Å². The first kappa shape index (κ1) is 16.0. The zero-order valence-electron chi connectivity index (χ0n) is 10.7. The van der Waals surface area contributed by atoms with Crippen molar-refractivity contribution in [3.63, 3.8) is 0 Å². The van der Waals surface area contributed by atoms with Crippen LogP contribution in [0.25, 0.3) is 0 Å². The molecule has 1 aromatic rings. The smallest absolute Gasteiger partial charge is 0.328 e. The molecule has 1 unspecified atom stereocenters. The molecule has 0 fully saturated rings. The van der Waals surface area contributed by atoms with Crippen molar-refractivity contribution in [2.45, 2.75) is 32.5 Å². The van der Waals surface area contributed by atoms with Crippen LogP contribution in [0.1, 0.15) is 31.9 Å². The van der Waals surface area contributed by atoms with Crippen molar-refractivity contribution in [2.75, 3.05) is 6.54 Å². The lowest BCUT2D eigenvalue weighted by Crippen LogP contribution is -2.43. The minimum absolute atomic E-state index is 0.0703. The molecule has 1 rings (SSSR count). The van der Waals surface area contributed by atoms with Gasteiger partial charge in [0.15, 0.2) is 0 Å². The average Bonchev–Trinajstić information content (AvgIpc) is 2.34. The standard InChI is InChI=1S/C13H15BrF3NO/c1-3-8-18(12(19)13(15,16)17)9(2)10-6-4-5-7-11(10)14/h4-7,9H,3,8H2,1-2H3. The summed E-state index contributed by atoms with van der Waals surface area (Å²) in [6.45, 7) is 3.41. The summed E-state index contributed by atoms with van der Waals surface area (Å²) in [5, 5.41) is 0. The fraction of sp³-hybridized carbons (Fsp3) is 0.462. The lowest BCUT2D eigenvalue weighted by Gasteiger charge is -2.30. The number of rotatable bonds is 4. The monoisotopic (exact) mass is 337 g/mol. The van der Waals surface area contributed by atoms with Gasteiger partial charge >= 0.3 is 12.1 Å². The molecule has 0 bridgehead atoms. The molecule has 106 valence electrons. The highest BCUT2D eigenvalue weighted by molar-refractivity contribution is 9.10. The van der Waals surface area contributed by atoms with Crippen LogP contribution < -0.4 is 0 Å². The highest BCUT2D eigenvalue weighted by Gasteiger charge is 2.43. The Morgan fingerprint density at radius 1 is 1.37 bits per heavy atom. The van der Waals surface area contributed by atoms with E-state index >= 15 is 0 Å². The molecule has 1 atom stereocenters. The molecule has 0 N–H and O–H groups in total. The van der Waals surface area contributed by atoms with Crippen molar-refractivity contribution in [3.8, 4) is 0 Å². The highest BCUT2D eigenvalue weighted by Crippen LogP contribution is 2.30. The van der Waals surface area contributed by atoms with Gasteiger partial charge in [-0.05, 0) is 25.0 Å². The van der Waals surface area contributed by atoms with E-state index in [9.17, 15) is 18.0 Å². The lowest BCUT2D eigenvalue weighted by atomic mass is 10.1. The molecule has 0 spiro atoms. The number of alkyl halides is 3. The maximum Gasteiger partial charge on any atom is 0.471 e. The Balaban J connectivity index is 3.06. The summed E-state index contributed by atoms with van der Waals surface area (Å²) in [5.74, 6) is -1.79. The largest absolute Gasteiger partial charge is 0.471 e. The summed E-state index contributed by atoms with van der Waals surface area (Å²) in [4.78, 5) is 12.3. The third kappa shape index (κ3) is 3.96. The number of benzene rings is 1. The second-order valence-corrected chi connectivity index (χ2v) is 5.05. The predicted octanol–water partition coefficient (Wildman–Crippen LogP) is 4.31. The van der Waals surface area contributed by atoms with E-state index in [4.69, 9.17) is 0 Å². The Hall–Kier alpha value is -1.04. The van der Waals surface area contributed by atoms with Crippen molar-refractivity contribution >= 4 is 21.8 Å². The second-order valence-electron chi connectivity index (χ2n) is 4.19. The number of carbonyl (C=O) groups is 1. The summed E-state index contributed by atoms with van der Waals surface area (Å²) in [6.07, 6.45) is -4.37. The van der Waals surface area contributed by atoms with E-state index in [2.05, 4.69) is 15.9 Å². The number of hydrogen-bond acceptors (Lipinski definition) is 1. The topological polar surface area (TPSA) is 20.3 Å². The molecule has 1 amide bonds. The van der Waals surface area contributed by atoms with Gasteiger partial charge in [-0.25, -0.2) is 0 Å². The van der Waals surface area contributed by atoms with E-state index in [0.29, 0.717) is 16.5 Å². The zero-order valence-corrected chi connectivity index (χ0v) is 12.3. The quantitative estimate of drug-likeness (QED) is 0.801. The number of amides is 1. The zero-order chi connectivity index (χ0) is 14.6. The molecule has 6 heteroatoms. The van der Waals surface area contributed by atoms with Gasteiger partial charge in [-0.3, -0.25) is 4.79 Å². The number of hydrogen-bond donors (Lipinski definition) is 0. The van der Waals surface area contributed by atoms with Crippen LogP contribution in [0.3, 0.4) is 0 Å². The second kappa shape index (κ2) is 6.41. The molecule has 0 aliphatic heterocycles. The first-order valence-corrected chi connectivity index (χ1v) is 6.70. The van der Waals surface area contributed by atoms with E-state index < -0.39 is 18.1 Å². The number of nitrogens with zero attached hydrogens (tertiary/aromatic N) is 1. The van der Waals surface area contributed by atoms with Gasteiger partial charge in [-0.15, -0.1) is 0 Å². The van der Waals surface area contributed by atoms with Gasteiger partial charge in [0.2, 0.25) is 0 Å². The molecule has 0 aliphatic rings. The van der Waals surface area contributed by atoms with Crippen LogP contribution in [0, 0.1) is 0 Å². The molecule has 0 saturated carbocycles. The molecule has 0 saturated heterocycles. The average molecular weight is 338 g/mol. The summed E-state index contributed by atoms with van der Waals surface area (Å²) >= 11 is 3.30. The maximum atomic E-state index is 12.6. The van der Waals surface area contributed by atoms with Crippen molar-refractivity contribution in [3.05, 3.63) is 34.3 Å². The number of carbonyl (C=O) groups excluding carboxylic acids is 1. The van der Waals surface area contributed by atoms with Crippen molar-refractivity contribution < 1.29 is 18.0 Å². The molecule has 1 aromatic carbocycles. The van der Waals surface area contributed by atoms with Crippen LogP contribution in [0.15, 0.2) is 28.7 Å². The van der Waals surface area contributed by atoms with Gasteiger partial charge in [-0.1, -0.05) is 41.1 Å². The van der Waals surface area contributed by atoms with Gasteiger partial charge in [-0.2, -0.15) is 13.2 Å². The van der Waals surface area contributed by atoms with E-state index in [-0.39, 0.29) is 6.54 Å². The maximum absolute atomic E-state index is 12.6. The van der Waals surface area contributed by atoms with E-state index in [0.717, 1.165) is 4.90 Å². The van der Waals surface area contributed by atoms with Gasteiger partial charge in [0, 0.05) is 11.0 Å². The molecule has 19 heavy (non-hydrogen) atoms. The molecule has 0 aliphatic carbocycles. The Labute approximate surface area is 118 Å². The minimum atomic E-state index is -4.84. The van der Waals surface area contributed by atoms with Crippen molar-refractivity contribution in [1.82, 2.24) is 4.90 Å². The lowest BCUT2D eigenvalue weighted by molar-refractivity contribution is -0.187. The first-order valence-electron chi connectivity index (χ1n) is 5.91. The van der Waals surface area contributed by atoms with Crippen molar-refractivity contribution in [2.24, 2.45) is 0 Å². The van der Waals surface area contributed by atoms with Crippen LogP contribution in [-0.4, -0.2) is 23.5 Å². The van der Waals surface area contributed by atoms with Crippen LogP contribution in [0.5, 0.6) is 0 Å². The fourth-order valence-electron chi connectivity index (χ4n) is 1.86. The van der Waals surface area contributed by atoms with Crippen LogP contribution >= 0.6 is 15.9 Å². The predicted molar refractivity (Wildman–Crippen MR) is 70.6 cm³/mol. The Morgan fingerprint density at radius 3 is 2.42 bits per heavy atom. The highest BCUT2D eigenvalue weighted by atomic mass is 79.9. The van der Waals surface area contributed by atoms with E-state index in [1.807, 2.05) is 0 Å². The summed E-state index contributed by atoms with van der Waals surface area (Å²) in [5.41, 5.74) is 0.661. The number of halogens is 4. The normalized spacial score (nSPS) is 13.2. The third-order valence-electron chi connectivity index (χ3n) is 2.79. The Morgan fingerprint density at radius 2 is 1.95 bits per heavy atom. The van der Waals surface area contributed by atoms with Gasteiger partial charge in [0.05, 0.1) is 6.04 Å². The fourth-order valence-corrected chi connectivity index (χ4v) is 2.47. The minimum Gasteiger partial charge on any atom is -0.328 e. The SMILES string of the molecule is CCCN(C(=O)C(F)(F)F)C(C)c1ccccc1Br. The summed E-state index contributed by atoms with van der Waals surface area (Å²) in [6, 6.07) is 6.33. The van der Waals surface area contributed by atoms with Crippen LogP contribution in [0.2, 0.25) is 0 Å². The third-order valence-corrected chi connectivity index (χ3v) is 3.51. The molecule has 0 heterocycles. The van der Waals surface area contributed by atoms with Crippen LogP contribution in [0.4, 0.5) is 13.2 Å². The summed E-state index contributed by atoms with van der Waals surface area (Å²) < 4.78 is 38.5. The van der Waals surface area contributed by atoms with Gasteiger partial charge in [0.1, 0.15) is 0 Å². The van der Waals surface area contributed by atoms with Crippen molar-refractivity contribution in [1.29, 1.82) is 0 Å². The summed E-state index contributed by atoms with van der Waals surface area (Å²) in [7, 11) is 0. The Bertz CT molecular complexity index is 448. The molecule has 0 aromatic heterocycles. The molecular weight excluding hydrogens is 323 g/mol. The Kier molecular flexibility index (Phi) is 5.40.